The molecule has 0 aliphatic rings. The summed E-state index contributed by atoms with van der Waals surface area (Å²) >= 11 is 0. The van der Waals surface area contributed by atoms with Gasteiger partial charge in [-0.1, -0.05) is 13.0 Å². The monoisotopic (exact) mass is 224 g/mol. The van der Waals surface area contributed by atoms with Gasteiger partial charge in [0, 0.05) is 18.0 Å². The summed E-state index contributed by atoms with van der Waals surface area (Å²) in [5.41, 5.74) is 5.92. The highest BCUT2D eigenvalue weighted by Crippen LogP contribution is 2.22. The van der Waals surface area contributed by atoms with Gasteiger partial charge in [0.25, 0.3) is 0 Å². The fraction of sp³-hybridized carbons (Fsp3) is 0.583. The van der Waals surface area contributed by atoms with Gasteiger partial charge in [-0.15, -0.1) is 0 Å². The third kappa shape index (κ3) is 2.93. The molecule has 0 fully saturated rings. The van der Waals surface area contributed by atoms with E-state index in [1.54, 1.807) is 6.07 Å². The van der Waals surface area contributed by atoms with E-state index in [0.29, 0.717) is 12.4 Å². The summed E-state index contributed by atoms with van der Waals surface area (Å²) in [5.74, 6) is 0.570. The first-order chi connectivity index (χ1) is 7.51. The van der Waals surface area contributed by atoms with Crippen LogP contribution in [-0.4, -0.2) is 29.3 Å². The van der Waals surface area contributed by atoms with E-state index in [9.17, 15) is 5.11 Å². The quantitative estimate of drug-likeness (QED) is 0.785. The molecule has 1 atom stereocenters. The Morgan fingerprint density at radius 1 is 1.50 bits per heavy atom. The Morgan fingerprint density at radius 2 is 2.19 bits per heavy atom. The van der Waals surface area contributed by atoms with Gasteiger partial charge in [-0.3, -0.25) is 0 Å². The lowest BCUT2D eigenvalue weighted by molar-refractivity contribution is 0.201. The van der Waals surface area contributed by atoms with Gasteiger partial charge in [0.2, 0.25) is 5.88 Å². The Labute approximate surface area is 96.5 Å². The zero-order valence-corrected chi connectivity index (χ0v) is 10.1. The Balaban J connectivity index is 2.97. The lowest BCUT2D eigenvalue weighted by atomic mass is 9.87. The number of nitrogens with two attached hydrogens (primary N) is 1. The molecule has 0 spiro atoms. The van der Waals surface area contributed by atoms with E-state index < -0.39 is 5.41 Å². The number of rotatable bonds is 5. The normalized spacial score (nSPS) is 14.9. The maximum absolute atomic E-state index is 9.35. The molecule has 0 saturated heterocycles. The first-order valence-corrected chi connectivity index (χ1v) is 5.47. The molecule has 0 saturated carbocycles. The van der Waals surface area contributed by atoms with Crippen LogP contribution < -0.4 is 10.5 Å². The maximum Gasteiger partial charge on any atom is 0.213 e. The molecule has 0 bridgehead atoms. The third-order valence-electron chi connectivity index (χ3n) is 2.50. The fourth-order valence-corrected chi connectivity index (χ4v) is 1.31. The van der Waals surface area contributed by atoms with Gasteiger partial charge in [0.1, 0.15) is 0 Å². The van der Waals surface area contributed by atoms with Crippen LogP contribution in [0, 0.1) is 0 Å². The molecule has 0 aliphatic carbocycles. The van der Waals surface area contributed by atoms with Crippen molar-refractivity contribution in [2.75, 3.05) is 13.2 Å². The van der Waals surface area contributed by atoms with Gasteiger partial charge in [0.15, 0.2) is 0 Å². The number of ether oxygens (including phenoxy) is 1. The molecule has 16 heavy (non-hydrogen) atoms. The SMILES string of the molecule is CC(C)Oc1cccc(C(C)(CN)CO)n1. The zero-order valence-electron chi connectivity index (χ0n) is 10.1. The second kappa shape index (κ2) is 5.27. The first kappa shape index (κ1) is 12.9. The van der Waals surface area contributed by atoms with Crippen molar-refractivity contribution in [1.82, 2.24) is 4.98 Å². The van der Waals surface area contributed by atoms with Crippen molar-refractivity contribution in [3.8, 4) is 5.88 Å². The smallest absolute Gasteiger partial charge is 0.213 e. The Hall–Kier alpha value is -1.13. The Kier molecular flexibility index (Phi) is 4.26. The van der Waals surface area contributed by atoms with Crippen molar-refractivity contribution in [3.05, 3.63) is 23.9 Å². The number of pyridine rings is 1. The lowest BCUT2D eigenvalue weighted by Crippen LogP contribution is -2.36. The molecule has 1 aromatic heterocycles. The first-order valence-electron chi connectivity index (χ1n) is 5.47. The topological polar surface area (TPSA) is 68.4 Å². The van der Waals surface area contributed by atoms with E-state index in [2.05, 4.69) is 4.98 Å². The summed E-state index contributed by atoms with van der Waals surface area (Å²) in [6.07, 6.45) is 0.0843. The van der Waals surface area contributed by atoms with Crippen molar-refractivity contribution >= 4 is 0 Å². The minimum atomic E-state index is -0.504. The Bertz CT molecular complexity index is 336. The van der Waals surface area contributed by atoms with Gasteiger partial charge in [0.05, 0.1) is 18.4 Å². The molecule has 90 valence electrons. The van der Waals surface area contributed by atoms with Crippen molar-refractivity contribution in [2.24, 2.45) is 5.73 Å². The van der Waals surface area contributed by atoms with E-state index in [4.69, 9.17) is 10.5 Å². The zero-order chi connectivity index (χ0) is 12.2. The second-order valence-corrected chi connectivity index (χ2v) is 4.45. The summed E-state index contributed by atoms with van der Waals surface area (Å²) in [5, 5.41) is 9.35. The van der Waals surface area contributed by atoms with Gasteiger partial charge in [-0.25, -0.2) is 4.98 Å². The lowest BCUT2D eigenvalue weighted by Gasteiger charge is -2.25. The Morgan fingerprint density at radius 3 is 2.69 bits per heavy atom. The van der Waals surface area contributed by atoms with Crippen molar-refractivity contribution < 1.29 is 9.84 Å². The summed E-state index contributed by atoms with van der Waals surface area (Å²) in [6, 6.07) is 5.53. The number of aliphatic hydroxyl groups excluding tert-OH is 1. The van der Waals surface area contributed by atoms with E-state index in [0.717, 1.165) is 5.69 Å². The van der Waals surface area contributed by atoms with Gasteiger partial charge in [-0.05, 0) is 19.9 Å². The van der Waals surface area contributed by atoms with Crippen LogP contribution in [0.3, 0.4) is 0 Å². The van der Waals surface area contributed by atoms with Crippen LogP contribution in [0.5, 0.6) is 5.88 Å². The van der Waals surface area contributed by atoms with E-state index in [1.807, 2.05) is 32.9 Å². The van der Waals surface area contributed by atoms with Gasteiger partial charge < -0.3 is 15.6 Å². The summed E-state index contributed by atoms with van der Waals surface area (Å²) < 4.78 is 5.51. The molecule has 1 rings (SSSR count). The predicted molar refractivity (Wildman–Crippen MR) is 63.5 cm³/mol. The molecule has 1 heterocycles. The number of aliphatic hydroxyl groups is 1. The van der Waals surface area contributed by atoms with E-state index in [1.165, 1.54) is 0 Å². The van der Waals surface area contributed by atoms with Crippen LogP contribution in [0.25, 0.3) is 0 Å². The van der Waals surface area contributed by atoms with Crippen molar-refractivity contribution in [2.45, 2.75) is 32.3 Å². The van der Waals surface area contributed by atoms with Crippen molar-refractivity contribution in [1.29, 1.82) is 0 Å². The van der Waals surface area contributed by atoms with Crippen molar-refractivity contribution in [3.63, 3.8) is 0 Å². The summed E-state index contributed by atoms with van der Waals surface area (Å²) in [4.78, 5) is 4.36. The number of hydrogen-bond donors (Lipinski definition) is 2. The molecule has 3 N–H and O–H groups in total. The van der Waals surface area contributed by atoms with Crippen LogP contribution in [0.1, 0.15) is 26.5 Å². The van der Waals surface area contributed by atoms with Crippen LogP contribution in [0.15, 0.2) is 18.2 Å². The molecule has 4 heteroatoms. The average molecular weight is 224 g/mol. The van der Waals surface area contributed by atoms with Crippen LogP contribution in [-0.2, 0) is 5.41 Å². The summed E-state index contributed by atoms with van der Waals surface area (Å²) in [7, 11) is 0. The predicted octanol–water partition coefficient (Wildman–Crippen LogP) is 1.08. The fourth-order valence-electron chi connectivity index (χ4n) is 1.31. The minimum Gasteiger partial charge on any atom is -0.475 e. The summed E-state index contributed by atoms with van der Waals surface area (Å²) in [6.45, 7) is 6.10. The molecule has 4 nitrogen and oxygen atoms in total. The van der Waals surface area contributed by atoms with Crippen LogP contribution in [0.4, 0.5) is 0 Å². The number of nitrogens with zero attached hydrogens (tertiary/aromatic N) is 1. The highest BCUT2D eigenvalue weighted by Gasteiger charge is 2.26. The van der Waals surface area contributed by atoms with Gasteiger partial charge in [-0.2, -0.15) is 0 Å². The second-order valence-electron chi connectivity index (χ2n) is 4.45. The number of hydrogen-bond acceptors (Lipinski definition) is 4. The molecule has 0 aromatic carbocycles. The minimum absolute atomic E-state index is 0.0262. The highest BCUT2D eigenvalue weighted by atomic mass is 16.5. The average Bonchev–Trinajstić information content (AvgIpc) is 2.27. The largest absolute Gasteiger partial charge is 0.475 e. The van der Waals surface area contributed by atoms with Crippen LogP contribution in [0.2, 0.25) is 0 Å². The van der Waals surface area contributed by atoms with Gasteiger partial charge >= 0.3 is 0 Å². The highest BCUT2D eigenvalue weighted by molar-refractivity contribution is 5.23. The maximum atomic E-state index is 9.35. The molecule has 1 unspecified atom stereocenters. The number of aromatic nitrogens is 1. The molecule has 0 aliphatic heterocycles. The third-order valence-corrected chi connectivity index (χ3v) is 2.50. The van der Waals surface area contributed by atoms with E-state index >= 15 is 0 Å². The molecular weight excluding hydrogens is 204 g/mol. The molecular formula is C12H20N2O2. The van der Waals surface area contributed by atoms with Crippen LogP contribution >= 0.6 is 0 Å². The molecule has 1 aromatic rings. The standard InChI is InChI=1S/C12H20N2O2/c1-9(2)16-11-6-4-5-10(14-11)12(3,7-13)8-15/h4-6,9,15H,7-8,13H2,1-3H3. The van der Waals surface area contributed by atoms with E-state index in [-0.39, 0.29) is 12.7 Å². The molecule has 0 amide bonds. The molecule has 0 radical (unpaired) electrons.